The standard InChI is InChI=1S/C16H24FN3O2/c1-2-3-4-5-15(19-10-8-18-9-11-19)14-12-13(17)6-7-16(14)20(21)22/h6-7,12,15,18H,2-5,8-11H2,1H3/t15-/m1/s1. The average molecular weight is 309 g/mol. The number of rotatable bonds is 7. The second-order valence-corrected chi connectivity index (χ2v) is 5.76. The summed E-state index contributed by atoms with van der Waals surface area (Å²) in [6, 6.07) is 3.73. The third-order valence-electron chi connectivity index (χ3n) is 4.22. The molecule has 1 aliphatic rings. The minimum Gasteiger partial charge on any atom is -0.314 e. The summed E-state index contributed by atoms with van der Waals surface area (Å²) in [5.41, 5.74) is 0.546. The van der Waals surface area contributed by atoms with Crippen molar-refractivity contribution in [2.75, 3.05) is 26.2 Å². The van der Waals surface area contributed by atoms with Gasteiger partial charge in [-0.25, -0.2) is 4.39 Å². The molecule has 1 atom stereocenters. The highest BCUT2D eigenvalue weighted by molar-refractivity contribution is 5.42. The van der Waals surface area contributed by atoms with E-state index in [1.165, 1.54) is 18.2 Å². The molecule has 0 radical (unpaired) electrons. The molecule has 0 amide bonds. The zero-order valence-electron chi connectivity index (χ0n) is 13.1. The number of piperazine rings is 1. The zero-order chi connectivity index (χ0) is 15.9. The fraction of sp³-hybridized carbons (Fsp3) is 0.625. The lowest BCUT2D eigenvalue weighted by atomic mass is 9.96. The lowest BCUT2D eigenvalue weighted by Crippen LogP contribution is -2.45. The first kappa shape index (κ1) is 16.8. The van der Waals surface area contributed by atoms with E-state index in [1.807, 2.05) is 0 Å². The molecule has 122 valence electrons. The van der Waals surface area contributed by atoms with Crippen LogP contribution in [0.15, 0.2) is 18.2 Å². The van der Waals surface area contributed by atoms with Gasteiger partial charge in [0.05, 0.1) is 4.92 Å². The topological polar surface area (TPSA) is 58.4 Å². The van der Waals surface area contributed by atoms with Gasteiger partial charge >= 0.3 is 0 Å². The van der Waals surface area contributed by atoms with E-state index in [9.17, 15) is 14.5 Å². The molecular weight excluding hydrogens is 285 g/mol. The average Bonchev–Trinajstić information content (AvgIpc) is 2.52. The molecule has 1 aliphatic heterocycles. The smallest absolute Gasteiger partial charge is 0.274 e. The summed E-state index contributed by atoms with van der Waals surface area (Å²) in [6.45, 7) is 5.54. The quantitative estimate of drug-likeness (QED) is 0.477. The summed E-state index contributed by atoms with van der Waals surface area (Å²) in [5, 5.41) is 14.6. The zero-order valence-corrected chi connectivity index (χ0v) is 13.1. The second-order valence-electron chi connectivity index (χ2n) is 5.76. The van der Waals surface area contributed by atoms with Crippen molar-refractivity contribution in [1.82, 2.24) is 10.2 Å². The lowest BCUT2D eigenvalue weighted by Gasteiger charge is -2.35. The van der Waals surface area contributed by atoms with Crippen LogP contribution in [0, 0.1) is 15.9 Å². The van der Waals surface area contributed by atoms with Gasteiger partial charge in [-0.15, -0.1) is 0 Å². The van der Waals surface area contributed by atoms with Crippen molar-refractivity contribution in [2.45, 2.75) is 38.6 Å². The summed E-state index contributed by atoms with van der Waals surface area (Å²) in [7, 11) is 0. The Morgan fingerprint density at radius 1 is 1.36 bits per heavy atom. The van der Waals surface area contributed by atoms with Crippen molar-refractivity contribution >= 4 is 5.69 Å². The molecule has 1 aromatic carbocycles. The van der Waals surface area contributed by atoms with Crippen LogP contribution < -0.4 is 5.32 Å². The molecule has 0 unspecified atom stereocenters. The molecular formula is C16H24FN3O2. The Hall–Kier alpha value is -1.53. The molecule has 1 heterocycles. The Kier molecular flexibility index (Phi) is 6.27. The van der Waals surface area contributed by atoms with Gasteiger partial charge in [-0.05, 0) is 18.6 Å². The van der Waals surface area contributed by atoms with Crippen LogP contribution in [0.25, 0.3) is 0 Å². The molecule has 1 fully saturated rings. The Bertz CT molecular complexity index is 504. The van der Waals surface area contributed by atoms with Gasteiger partial charge in [-0.1, -0.05) is 26.2 Å². The van der Waals surface area contributed by atoms with Gasteiger partial charge in [0.2, 0.25) is 0 Å². The largest absolute Gasteiger partial charge is 0.314 e. The van der Waals surface area contributed by atoms with Crippen LogP contribution in [0.4, 0.5) is 10.1 Å². The minimum atomic E-state index is -0.406. The molecule has 2 rings (SSSR count). The Morgan fingerprint density at radius 2 is 2.09 bits per heavy atom. The van der Waals surface area contributed by atoms with Crippen LogP contribution in [0.1, 0.15) is 44.2 Å². The van der Waals surface area contributed by atoms with E-state index in [0.29, 0.717) is 5.56 Å². The third-order valence-corrected chi connectivity index (χ3v) is 4.22. The number of halogens is 1. The first-order valence-corrected chi connectivity index (χ1v) is 8.02. The maximum absolute atomic E-state index is 13.7. The van der Waals surface area contributed by atoms with Crippen LogP contribution >= 0.6 is 0 Å². The van der Waals surface area contributed by atoms with Gasteiger partial charge < -0.3 is 5.32 Å². The highest BCUT2D eigenvalue weighted by Gasteiger charge is 2.28. The van der Waals surface area contributed by atoms with E-state index in [0.717, 1.165) is 51.9 Å². The Labute approximate surface area is 130 Å². The number of unbranched alkanes of at least 4 members (excludes halogenated alkanes) is 2. The maximum Gasteiger partial charge on any atom is 0.274 e. The Balaban J connectivity index is 2.30. The summed E-state index contributed by atoms with van der Waals surface area (Å²) in [5.74, 6) is -0.406. The number of nitro benzene ring substituents is 1. The maximum atomic E-state index is 13.7. The van der Waals surface area contributed by atoms with Crippen LogP contribution in [0.3, 0.4) is 0 Å². The van der Waals surface area contributed by atoms with E-state index in [1.54, 1.807) is 0 Å². The molecule has 0 bridgehead atoms. The number of hydrogen-bond donors (Lipinski definition) is 1. The molecule has 1 saturated heterocycles. The monoisotopic (exact) mass is 309 g/mol. The second kappa shape index (κ2) is 8.19. The van der Waals surface area contributed by atoms with Crippen LogP contribution in [-0.2, 0) is 0 Å². The number of nitro groups is 1. The predicted molar refractivity (Wildman–Crippen MR) is 84.4 cm³/mol. The van der Waals surface area contributed by atoms with Crippen molar-refractivity contribution in [1.29, 1.82) is 0 Å². The minimum absolute atomic E-state index is 0.0291. The van der Waals surface area contributed by atoms with Crippen molar-refractivity contribution in [2.24, 2.45) is 0 Å². The highest BCUT2D eigenvalue weighted by atomic mass is 19.1. The van der Waals surface area contributed by atoms with Crippen molar-refractivity contribution in [3.8, 4) is 0 Å². The molecule has 6 heteroatoms. The normalized spacial score (nSPS) is 17.4. The summed E-state index contributed by atoms with van der Waals surface area (Å²) in [4.78, 5) is 13.1. The van der Waals surface area contributed by atoms with Crippen molar-refractivity contribution < 1.29 is 9.31 Å². The molecule has 1 N–H and O–H groups in total. The molecule has 0 aliphatic carbocycles. The molecule has 0 spiro atoms. The van der Waals surface area contributed by atoms with Gasteiger partial charge in [0.15, 0.2) is 0 Å². The highest BCUT2D eigenvalue weighted by Crippen LogP contribution is 2.34. The van der Waals surface area contributed by atoms with Crippen molar-refractivity contribution in [3.05, 3.63) is 39.7 Å². The third kappa shape index (κ3) is 4.24. The number of nitrogens with one attached hydrogen (secondary N) is 1. The number of nitrogens with zero attached hydrogens (tertiary/aromatic N) is 2. The van der Waals surface area contributed by atoms with E-state index in [-0.39, 0.29) is 11.7 Å². The Morgan fingerprint density at radius 3 is 2.73 bits per heavy atom. The van der Waals surface area contributed by atoms with E-state index >= 15 is 0 Å². The first-order chi connectivity index (χ1) is 10.6. The summed E-state index contributed by atoms with van der Waals surface area (Å²) in [6.07, 6.45) is 4.02. The fourth-order valence-corrected chi connectivity index (χ4v) is 3.07. The van der Waals surface area contributed by atoms with E-state index < -0.39 is 10.7 Å². The SMILES string of the molecule is CCCCC[C@H](c1cc(F)ccc1[N+](=O)[O-])N1CCNCC1. The van der Waals surface area contributed by atoms with Crippen LogP contribution in [0.2, 0.25) is 0 Å². The molecule has 22 heavy (non-hydrogen) atoms. The van der Waals surface area contributed by atoms with E-state index in [2.05, 4.69) is 17.1 Å². The molecule has 0 saturated carbocycles. The molecule has 0 aromatic heterocycles. The predicted octanol–water partition coefficient (Wildman–Crippen LogP) is 3.26. The van der Waals surface area contributed by atoms with E-state index in [4.69, 9.17) is 0 Å². The van der Waals surface area contributed by atoms with Gasteiger partial charge in [0, 0.05) is 43.9 Å². The van der Waals surface area contributed by atoms with Gasteiger partial charge in [0.25, 0.3) is 5.69 Å². The molecule has 5 nitrogen and oxygen atoms in total. The summed E-state index contributed by atoms with van der Waals surface area (Å²) >= 11 is 0. The van der Waals surface area contributed by atoms with Crippen LogP contribution in [0.5, 0.6) is 0 Å². The van der Waals surface area contributed by atoms with Gasteiger partial charge in [-0.3, -0.25) is 15.0 Å². The summed E-state index contributed by atoms with van der Waals surface area (Å²) < 4.78 is 13.7. The van der Waals surface area contributed by atoms with Crippen molar-refractivity contribution in [3.63, 3.8) is 0 Å². The van der Waals surface area contributed by atoms with Crippen LogP contribution in [-0.4, -0.2) is 36.0 Å². The lowest BCUT2D eigenvalue weighted by molar-refractivity contribution is -0.386. The first-order valence-electron chi connectivity index (χ1n) is 8.02. The van der Waals surface area contributed by atoms with Gasteiger partial charge in [0.1, 0.15) is 5.82 Å². The molecule has 1 aromatic rings. The fourth-order valence-electron chi connectivity index (χ4n) is 3.07. The number of benzene rings is 1. The number of hydrogen-bond acceptors (Lipinski definition) is 4. The van der Waals surface area contributed by atoms with Gasteiger partial charge in [-0.2, -0.15) is 0 Å².